The molecule has 0 bridgehead atoms. The highest BCUT2D eigenvalue weighted by Crippen LogP contribution is 2.30. The summed E-state index contributed by atoms with van der Waals surface area (Å²) in [6, 6.07) is 26.1. The Morgan fingerprint density at radius 3 is 2.00 bits per heavy atom. The summed E-state index contributed by atoms with van der Waals surface area (Å²) in [6.45, 7) is 1.06. The van der Waals surface area contributed by atoms with Gasteiger partial charge in [0, 0.05) is 12.2 Å². The van der Waals surface area contributed by atoms with Gasteiger partial charge in [0.05, 0.1) is 0 Å². The maximum Gasteiger partial charge on any atom is 0.0379 e. The number of hydrogen-bond acceptors (Lipinski definition) is 1. The first-order valence-corrected chi connectivity index (χ1v) is 7.43. The lowest BCUT2D eigenvalue weighted by Crippen LogP contribution is -1.91. The van der Waals surface area contributed by atoms with Crippen LogP contribution in [0.4, 0.5) is 5.69 Å². The summed E-state index contributed by atoms with van der Waals surface area (Å²) < 4.78 is 0. The van der Waals surface area contributed by atoms with Crippen LogP contribution in [-0.4, -0.2) is 6.54 Å². The molecule has 102 valence electrons. The normalized spacial score (nSPS) is 12.8. The van der Waals surface area contributed by atoms with Gasteiger partial charge in [-0.3, -0.25) is 0 Å². The molecule has 0 saturated heterocycles. The fraction of sp³-hybridized carbons (Fsp3) is 0.100. The minimum atomic E-state index is 1.06. The maximum absolute atomic E-state index is 3.45. The molecule has 0 fully saturated rings. The number of hydrogen-bond donors (Lipinski definition) is 1. The third-order valence-electron chi connectivity index (χ3n) is 4.15. The van der Waals surface area contributed by atoms with E-state index < -0.39 is 0 Å². The predicted molar refractivity (Wildman–Crippen MR) is 89.5 cm³/mol. The zero-order chi connectivity index (χ0) is 14.1. The van der Waals surface area contributed by atoms with Gasteiger partial charge in [-0.2, -0.15) is 0 Å². The summed E-state index contributed by atoms with van der Waals surface area (Å²) in [6.07, 6.45) is 1.14. The second kappa shape index (κ2) is 5.10. The molecule has 0 saturated carbocycles. The Morgan fingerprint density at radius 2 is 1.24 bits per heavy atom. The van der Waals surface area contributed by atoms with E-state index in [1.807, 2.05) is 0 Å². The molecule has 0 aliphatic carbocycles. The lowest BCUT2D eigenvalue weighted by atomic mass is 9.99. The third-order valence-corrected chi connectivity index (χ3v) is 4.15. The third kappa shape index (κ3) is 2.31. The van der Waals surface area contributed by atoms with Crippen molar-refractivity contribution >= 4 is 5.69 Å². The average molecular weight is 271 g/mol. The molecule has 4 rings (SSSR count). The van der Waals surface area contributed by atoms with Crippen molar-refractivity contribution in [3.63, 3.8) is 0 Å². The van der Waals surface area contributed by atoms with Crippen molar-refractivity contribution in [3.05, 3.63) is 78.4 Å². The molecule has 1 heteroatoms. The van der Waals surface area contributed by atoms with Crippen LogP contribution in [0.25, 0.3) is 22.3 Å². The number of benzene rings is 3. The second-order valence-corrected chi connectivity index (χ2v) is 5.49. The molecule has 1 aliphatic heterocycles. The molecule has 0 radical (unpaired) electrons. The molecule has 1 aliphatic rings. The lowest BCUT2D eigenvalue weighted by Gasteiger charge is -2.07. The fourth-order valence-electron chi connectivity index (χ4n) is 2.96. The Kier molecular flexibility index (Phi) is 2.97. The first-order valence-electron chi connectivity index (χ1n) is 7.43. The first kappa shape index (κ1) is 12.2. The molecule has 0 atom stereocenters. The standard InChI is InChI=1S/C20H17N/c1-2-4-15(5-3-1)16-6-8-17(9-7-16)19-11-10-18-12-13-21-20(18)14-19/h1-11,14,21H,12-13H2. The predicted octanol–water partition coefficient (Wildman–Crippen LogP) is 4.99. The van der Waals surface area contributed by atoms with Crippen LogP contribution in [0, 0.1) is 0 Å². The van der Waals surface area contributed by atoms with E-state index in [-0.39, 0.29) is 0 Å². The Balaban J connectivity index is 1.68. The van der Waals surface area contributed by atoms with Gasteiger partial charge in [0.1, 0.15) is 0 Å². The van der Waals surface area contributed by atoms with Crippen molar-refractivity contribution in [1.29, 1.82) is 0 Å². The number of rotatable bonds is 2. The summed E-state index contributed by atoms with van der Waals surface area (Å²) in [4.78, 5) is 0. The zero-order valence-corrected chi connectivity index (χ0v) is 11.8. The van der Waals surface area contributed by atoms with Crippen LogP contribution in [0.15, 0.2) is 72.8 Å². The van der Waals surface area contributed by atoms with Crippen LogP contribution in [0.1, 0.15) is 5.56 Å². The summed E-state index contributed by atoms with van der Waals surface area (Å²) in [5.41, 5.74) is 7.80. The Morgan fingerprint density at radius 1 is 0.619 bits per heavy atom. The summed E-state index contributed by atoms with van der Waals surface area (Å²) in [7, 11) is 0. The van der Waals surface area contributed by atoms with Crippen molar-refractivity contribution in [1.82, 2.24) is 0 Å². The van der Waals surface area contributed by atoms with Gasteiger partial charge in [-0.1, -0.05) is 66.7 Å². The van der Waals surface area contributed by atoms with E-state index in [1.54, 1.807) is 0 Å². The fourth-order valence-corrected chi connectivity index (χ4v) is 2.96. The van der Waals surface area contributed by atoms with Crippen LogP contribution >= 0.6 is 0 Å². The van der Waals surface area contributed by atoms with Gasteiger partial charge < -0.3 is 5.32 Å². The number of nitrogens with one attached hydrogen (secondary N) is 1. The van der Waals surface area contributed by atoms with Gasteiger partial charge in [0.2, 0.25) is 0 Å². The average Bonchev–Trinajstić information content (AvgIpc) is 3.03. The largest absolute Gasteiger partial charge is 0.384 e. The maximum atomic E-state index is 3.45. The lowest BCUT2D eigenvalue weighted by molar-refractivity contribution is 1.11. The van der Waals surface area contributed by atoms with Gasteiger partial charge in [0.25, 0.3) is 0 Å². The van der Waals surface area contributed by atoms with E-state index in [0.717, 1.165) is 13.0 Å². The van der Waals surface area contributed by atoms with Crippen molar-refractivity contribution in [2.75, 3.05) is 11.9 Å². The molecule has 3 aromatic carbocycles. The highest BCUT2D eigenvalue weighted by Gasteiger charge is 2.10. The highest BCUT2D eigenvalue weighted by molar-refractivity contribution is 5.74. The van der Waals surface area contributed by atoms with Gasteiger partial charge in [-0.25, -0.2) is 0 Å². The van der Waals surface area contributed by atoms with E-state index >= 15 is 0 Å². The van der Waals surface area contributed by atoms with E-state index in [2.05, 4.69) is 78.1 Å². The molecule has 0 aromatic heterocycles. The minimum Gasteiger partial charge on any atom is -0.384 e. The van der Waals surface area contributed by atoms with Crippen LogP contribution < -0.4 is 5.32 Å². The molecule has 0 unspecified atom stereocenters. The summed E-state index contributed by atoms with van der Waals surface area (Å²) in [5, 5.41) is 3.45. The molecule has 0 amide bonds. The molecular weight excluding hydrogens is 254 g/mol. The van der Waals surface area contributed by atoms with Gasteiger partial charge >= 0.3 is 0 Å². The monoisotopic (exact) mass is 271 g/mol. The number of anilines is 1. The minimum absolute atomic E-state index is 1.06. The molecule has 1 heterocycles. The molecule has 0 spiro atoms. The number of fused-ring (bicyclic) bond motifs is 1. The van der Waals surface area contributed by atoms with Crippen LogP contribution in [-0.2, 0) is 6.42 Å². The van der Waals surface area contributed by atoms with Crippen molar-refractivity contribution in [2.24, 2.45) is 0 Å². The Bertz CT molecular complexity index is 758. The SMILES string of the molecule is c1ccc(-c2ccc(-c3ccc4c(c3)NCC4)cc2)cc1. The molecule has 21 heavy (non-hydrogen) atoms. The molecular formula is C20H17N. The van der Waals surface area contributed by atoms with Gasteiger partial charge in [-0.05, 0) is 40.3 Å². The first-order chi connectivity index (χ1) is 10.4. The van der Waals surface area contributed by atoms with Crippen LogP contribution in [0.2, 0.25) is 0 Å². The topological polar surface area (TPSA) is 12.0 Å². The Labute approximate surface area is 125 Å². The van der Waals surface area contributed by atoms with Crippen molar-refractivity contribution in [3.8, 4) is 22.3 Å². The zero-order valence-electron chi connectivity index (χ0n) is 11.8. The quantitative estimate of drug-likeness (QED) is 0.692. The van der Waals surface area contributed by atoms with E-state index in [9.17, 15) is 0 Å². The smallest absolute Gasteiger partial charge is 0.0379 e. The molecule has 3 aromatic rings. The van der Waals surface area contributed by atoms with E-state index in [1.165, 1.54) is 33.5 Å². The van der Waals surface area contributed by atoms with Crippen molar-refractivity contribution in [2.45, 2.75) is 6.42 Å². The molecule has 1 N–H and O–H groups in total. The van der Waals surface area contributed by atoms with Crippen LogP contribution in [0.5, 0.6) is 0 Å². The van der Waals surface area contributed by atoms with E-state index in [4.69, 9.17) is 0 Å². The van der Waals surface area contributed by atoms with Gasteiger partial charge in [0.15, 0.2) is 0 Å². The summed E-state index contributed by atoms with van der Waals surface area (Å²) in [5.74, 6) is 0. The van der Waals surface area contributed by atoms with Gasteiger partial charge in [-0.15, -0.1) is 0 Å². The van der Waals surface area contributed by atoms with E-state index in [0.29, 0.717) is 0 Å². The second-order valence-electron chi connectivity index (χ2n) is 5.49. The Hall–Kier alpha value is -2.54. The summed E-state index contributed by atoms with van der Waals surface area (Å²) >= 11 is 0. The van der Waals surface area contributed by atoms with Crippen LogP contribution in [0.3, 0.4) is 0 Å². The highest BCUT2D eigenvalue weighted by atomic mass is 14.9. The molecule has 1 nitrogen and oxygen atoms in total. The van der Waals surface area contributed by atoms with Crippen molar-refractivity contribution < 1.29 is 0 Å².